The van der Waals surface area contributed by atoms with E-state index in [2.05, 4.69) is 10.4 Å². The van der Waals surface area contributed by atoms with E-state index in [1.807, 2.05) is 6.92 Å². The topological polar surface area (TPSA) is 133 Å². The first-order valence-corrected chi connectivity index (χ1v) is 14.3. The van der Waals surface area contributed by atoms with Crippen molar-refractivity contribution in [2.75, 3.05) is 29.9 Å². The Morgan fingerprint density at radius 1 is 1.15 bits per heavy atom. The Hall–Kier alpha value is -2.31. The van der Waals surface area contributed by atoms with Crippen molar-refractivity contribution in [1.29, 1.82) is 0 Å². The van der Waals surface area contributed by atoms with Gasteiger partial charge in [-0.25, -0.2) is 21.8 Å². The first-order chi connectivity index (χ1) is 15.5. The van der Waals surface area contributed by atoms with Gasteiger partial charge in [-0.3, -0.25) is 9.59 Å². The third-order valence-corrected chi connectivity index (χ3v) is 9.88. The van der Waals surface area contributed by atoms with Crippen molar-refractivity contribution in [3.63, 3.8) is 0 Å². The summed E-state index contributed by atoms with van der Waals surface area (Å²) in [6, 6.07) is 5.42. The first kappa shape index (κ1) is 23.8. The lowest BCUT2D eigenvalue weighted by Crippen LogP contribution is -2.42. The standard InChI is InChI=1S/C21H28N4O6S2/c1-15-3-2-11-24(13-15)33(30,31)18-6-4-16(5-7-18)22-21(27)19-8-9-20(26)25(23-19)17-10-12-32(28,29)14-17/h4-7,15,17H,2-3,8-14H2,1H3,(H,22,27). The quantitative estimate of drug-likeness (QED) is 0.651. The summed E-state index contributed by atoms with van der Waals surface area (Å²) in [6.07, 6.45) is 2.39. The molecule has 2 amide bonds. The van der Waals surface area contributed by atoms with Gasteiger partial charge in [-0.2, -0.15) is 9.41 Å². The maximum atomic E-state index is 12.9. The van der Waals surface area contributed by atoms with Gasteiger partial charge in [0.25, 0.3) is 5.91 Å². The number of hydrazone groups is 1. The second kappa shape index (κ2) is 9.15. The van der Waals surface area contributed by atoms with E-state index in [1.54, 1.807) is 0 Å². The van der Waals surface area contributed by atoms with E-state index in [4.69, 9.17) is 0 Å². The molecule has 1 aromatic rings. The summed E-state index contributed by atoms with van der Waals surface area (Å²) in [6.45, 7) is 3.04. The van der Waals surface area contributed by atoms with Crippen LogP contribution in [0.2, 0.25) is 0 Å². The molecular formula is C21H28N4O6S2. The predicted octanol–water partition coefficient (Wildman–Crippen LogP) is 1.21. The van der Waals surface area contributed by atoms with Crippen LogP contribution in [0.3, 0.4) is 0 Å². The van der Waals surface area contributed by atoms with E-state index in [0.29, 0.717) is 31.1 Å². The highest BCUT2D eigenvalue weighted by molar-refractivity contribution is 7.91. The molecule has 12 heteroatoms. The number of nitrogens with one attached hydrogen (secondary N) is 1. The van der Waals surface area contributed by atoms with Crippen LogP contribution < -0.4 is 5.32 Å². The second-order valence-corrected chi connectivity index (χ2v) is 13.1. The number of piperidine rings is 1. The molecule has 2 atom stereocenters. The largest absolute Gasteiger partial charge is 0.321 e. The summed E-state index contributed by atoms with van der Waals surface area (Å²) in [7, 11) is -6.79. The van der Waals surface area contributed by atoms with Gasteiger partial charge in [0.2, 0.25) is 15.9 Å². The highest BCUT2D eigenvalue weighted by Gasteiger charge is 2.37. The van der Waals surface area contributed by atoms with Crippen LogP contribution in [0.15, 0.2) is 34.3 Å². The van der Waals surface area contributed by atoms with Gasteiger partial charge in [0.05, 0.1) is 22.4 Å². The van der Waals surface area contributed by atoms with Crippen molar-refractivity contribution >= 4 is 43.1 Å². The smallest absolute Gasteiger partial charge is 0.271 e. The number of hydrogen-bond acceptors (Lipinski definition) is 7. The maximum absolute atomic E-state index is 12.9. The molecule has 2 unspecified atom stereocenters. The monoisotopic (exact) mass is 496 g/mol. The molecule has 0 bridgehead atoms. The Morgan fingerprint density at radius 2 is 1.88 bits per heavy atom. The Labute approximate surface area is 194 Å². The average molecular weight is 497 g/mol. The molecule has 0 aliphatic carbocycles. The van der Waals surface area contributed by atoms with Gasteiger partial charge < -0.3 is 5.32 Å². The van der Waals surface area contributed by atoms with Crippen LogP contribution >= 0.6 is 0 Å². The van der Waals surface area contributed by atoms with E-state index < -0.39 is 31.8 Å². The van der Waals surface area contributed by atoms with Gasteiger partial charge in [0.1, 0.15) is 5.71 Å². The highest BCUT2D eigenvalue weighted by atomic mass is 32.2. The molecule has 3 aliphatic heterocycles. The van der Waals surface area contributed by atoms with Crippen LogP contribution in [0.4, 0.5) is 5.69 Å². The lowest BCUT2D eigenvalue weighted by Gasteiger charge is -2.30. The number of nitrogens with zero attached hydrogens (tertiary/aromatic N) is 3. The molecule has 1 N–H and O–H groups in total. The third-order valence-electron chi connectivity index (χ3n) is 6.25. The molecule has 0 aromatic heterocycles. The number of benzene rings is 1. The number of amides is 2. The van der Waals surface area contributed by atoms with Crippen molar-refractivity contribution in [2.24, 2.45) is 11.0 Å². The lowest BCUT2D eigenvalue weighted by atomic mass is 10.0. The van der Waals surface area contributed by atoms with Crippen molar-refractivity contribution in [3.05, 3.63) is 24.3 Å². The summed E-state index contributed by atoms with van der Waals surface area (Å²) in [5, 5.41) is 7.97. The van der Waals surface area contributed by atoms with Crippen LogP contribution in [-0.4, -0.2) is 74.3 Å². The van der Waals surface area contributed by atoms with E-state index in [-0.39, 0.29) is 40.9 Å². The van der Waals surface area contributed by atoms with Gasteiger partial charge in [0.15, 0.2) is 9.84 Å². The van der Waals surface area contributed by atoms with E-state index in [9.17, 15) is 26.4 Å². The van der Waals surface area contributed by atoms with Gasteiger partial charge in [-0.15, -0.1) is 0 Å². The summed E-state index contributed by atoms with van der Waals surface area (Å²) in [5.74, 6) is -0.629. The van der Waals surface area contributed by atoms with Crippen LogP contribution in [-0.2, 0) is 29.4 Å². The van der Waals surface area contributed by atoms with Gasteiger partial charge in [-0.05, 0) is 49.4 Å². The minimum absolute atomic E-state index is 0.00406. The SMILES string of the molecule is CC1CCCN(S(=O)(=O)c2ccc(NC(=O)C3=NN(C4CCS(=O)(=O)C4)C(=O)CC3)cc2)C1. The highest BCUT2D eigenvalue weighted by Crippen LogP contribution is 2.25. The molecule has 10 nitrogen and oxygen atoms in total. The zero-order chi connectivity index (χ0) is 23.8. The third kappa shape index (κ3) is 5.28. The fourth-order valence-electron chi connectivity index (χ4n) is 4.42. The molecule has 3 aliphatic rings. The number of sulfonamides is 1. The molecule has 180 valence electrons. The molecule has 3 heterocycles. The minimum Gasteiger partial charge on any atom is -0.321 e. The number of carbonyl (C=O) groups excluding carboxylic acids is 2. The maximum Gasteiger partial charge on any atom is 0.271 e. The summed E-state index contributed by atoms with van der Waals surface area (Å²) >= 11 is 0. The van der Waals surface area contributed by atoms with Gasteiger partial charge >= 0.3 is 0 Å². The Kier molecular flexibility index (Phi) is 6.61. The van der Waals surface area contributed by atoms with E-state index >= 15 is 0 Å². The molecule has 2 fully saturated rings. The summed E-state index contributed by atoms with van der Waals surface area (Å²) in [5.41, 5.74) is 0.540. The van der Waals surface area contributed by atoms with Crippen molar-refractivity contribution < 1.29 is 26.4 Å². The first-order valence-electron chi connectivity index (χ1n) is 11.1. The normalized spacial score (nSPS) is 26.2. The molecule has 1 aromatic carbocycles. The number of carbonyl (C=O) groups is 2. The van der Waals surface area contributed by atoms with Crippen LogP contribution in [0, 0.1) is 5.92 Å². The van der Waals surface area contributed by atoms with Crippen molar-refractivity contribution in [1.82, 2.24) is 9.31 Å². The summed E-state index contributed by atoms with van der Waals surface area (Å²) in [4.78, 5) is 25.1. The average Bonchev–Trinajstić information content (AvgIpc) is 3.14. The fourth-order valence-corrected chi connectivity index (χ4v) is 7.71. The van der Waals surface area contributed by atoms with E-state index in [0.717, 1.165) is 17.9 Å². The zero-order valence-corrected chi connectivity index (χ0v) is 20.1. The molecule has 33 heavy (non-hydrogen) atoms. The molecule has 4 rings (SSSR count). The van der Waals surface area contributed by atoms with Crippen LogP contribution in [0.25, 0.3) is 0 Å². The second-order valence-electron chi connectivity index (χ2n) is 8.93. The van der Waals surface area contributed by atoms with Crippen LogP contribution in [0.1, 0.15) is 39.0 Å². The number of anilines is 1. The number of hydrogen-bond donors (Lipinski definition) is 1. The van der Waals surface area contributed by atoms with Crippen LogP contribution in [0.5, 0.6) is 0 Å². The lowest BCUT2D eigenvalue weighted by molar-refractivity contribution is -0.133. The fraction of sp³-hybridized carbons (Fsp3) is 0.571. The van der Waals surface area contributed by atoms with Crippen molar-refractivity contribution in [2.45, 2.75) is 50.0 Å². The number of rotatable bonds is 5. The van der Waals surface area contributed by atoms with Gasteiger partial charge in [-0.1, -0.05) is 6.92 Å². The molecule has 2 saturated heterocycles. The minimum atomic E-state index is -3.59. The molecular weight excluding hydrogens is 468 g/mol. The van der Waals surface area contributed by atoms with E-state index in [1.165, 1.54) is 28.6 Å². The predicted molar refractivity (Wildman–Crippen MR) is 123 cm³/mol. The Balaban J connectivity index is 1.44. The molecule has 0 saturated carbocycles. The zero-order valence-electron chi connectivity index (χ0n) is 18.4. The van der Waals surface area contributed by atoms with Gasteiger partial charge in [0, 0.05) is 31.6 Å². The molecule has 0 spiro atoms. The number of sulfone groups is 1. The Morgan fingerprint density at radius 3 is 2.52 bits per heavy atom. The summed E-state index contributed by atoms with van der Waals surface area (Å²) < 4.78 is 50.8. The molecule has 0 radical (unpaired) electrons. The Bertz CT molecular complexity index is 1180. The van der Waals surface area contributed by atoms with Crippen molar-refractivity contribution in [3.8, 4) is 0 Å².